The molecule has 7 heteroatoms. The molecule has 0 saturated carbocycles. The van der Waals surface area contributed by atoms with Crippen molar-refractivity contribution in [1.82, 2.24) is 15.2 Å². The van der Waals surface area contributed by atoms with Crippen molar-refractivity contribution < 1.29 is 14.4 Å². The molecule has 2 aromatic rings. The Hall–Kier alpha value is -3.22. The van der Waals surface area contributed by atoms with E-state index in [0.29, 0.717) is 30.9 Å². The van der Waals surface area contributed by atoms with Gasteiger partial charge in [0.1, 0.15) is 11.9 Å². The van der Waals surface area contributed by atoms with Crippen LogP contribution < -0.4 is 10.6 Å². The van der Waals surface area contributed by atoms with Crippen LogP contribution in [-0.2, 0) is 9.59 Å². The molecule has 1 fully saturated rings. The Balaban J connectivity index is 1.64. The first-order chi connectivity index (χ1) is 15.2. The summed E-state index contributed by atoms with van der Waals surface area (Å²) in [4.78, 5) is 44.7. The molecule has 2 atom stereocenters. The number of nitrogens with zero attached hydrogens (tertiary/aromatic N) is 2. The Morgan fingerprint density at radius 1 is 1.03 bits per heavy atom. The molecule has 3 amide bonds. The third kappa shape index (κ3) is 5.93. The predicted octanol–water partition coefficient (Wildman–Crippen LogP) is 3.33. The van der Waals surface area contributed by atoms with Crippen LogP contribution in [0.5, 0.6) is 0 Å². The molecule has 170 valence electrons. The highest BCUT2D eigenvalue weighted by molar-refractivity contribution is 5.98. The third-order valence-electron chi connectivity index (χ3n) is 5.80. The van der Waals surface area contributed by atoms with Gasteiger partial charge in [-0.15, -0.1) is 0 Å². The van der Waals surface area contributed by atoms with E-state index in [1.807, 2.05) is 45.9 Å². The number of hydrogen-bond acceptors (Lipinski definition) is 4. The van der Waals surface area contributed by atoms with E-state index in [1.54, 1.807) is 29.3 Å². The molecule has 2 unspecified atom stereocenters. The average Bonchev–Trinajstić information content (AvgIpc) is 2.78. The van der Waals surface area contributed by atoms with Crippen LogP contribution in [-0.4, -0.2) is 46.7 Å². The number of likely N-dealkylation sites (tertiary alicyclic amines) is 1. The standard InChI is InChI=1S/C25H32N4O3/c1-16(2)22(28-23(30)19-10-7-17(3)8-11-19)25(32)29-13-5-6-20(15-29)24(31)27-21-12-9-18(4)14-26-21/h7-12,14,16,20,22H,5-6,13,15H2,1-4H3,(H,28,30)(H,26,27,31). The fourth-order valence-electron chi connectivity index (χ4n) is 3.80. The second-order valence-corrected chi connectivity index (χ2v) is 8.89. The maximum Gasteiger partial charge on any atom is 0.251 e. The Labute approximate surface area is 189 Å². The van der Waals surface area contributed by atoms with Crippen LogP contribution in [0.3, 0.4) is 0 Å². The summed E-state index contributed by atoms with van der Waals surface area (Å²) in [7, 11) is 0. The molecule has 1 aliphatic rings. The fraction of sp³-hybridized carbons (Fsp3) is 0.440. The highest BCUT2D eigenvalue weighted by atomic mass is 16.2. The van der Waals surface area contributed by atoms with Crippen LogP contribution in [0.25, 0.3) is 0 Å². The smallest absolute Gasteiger partial charge is 0.251 e. The Morgan fingerprint density at radius 2 is 1.72 bits per heavy atom. The van der Waals surface area contributed by atoms with Gasteiger partial charge in [0.25, 0.3) is 5.91 Å². The molecule has 1 aliphatic heterocycles. The molecule has 1 aromatic carbocycles. The minimum absolute atomic E-state index is 0.0807. The number of pyridine rings is 1. The van der Waals surface area contributed by atoms with Crippen molar-refractivity contribution in [2.24, 2.45) is 11.8 Å². The molecule has 2 N–H and O–H groups in total. The van der Waals surface area contributed by atoms with Crippen LogP contribution in [0.15, 0.2) is 42.6 Å². The molecular formula is C25H32N4O3. The Kier molecular flexibility index (Phi) is 7.62. The van der Waals surface area contributed by atoms with Crippen molar-refractivity contribution >= 4 is 23.5 Å². The van der Waals surface area contributed by atoms with Crippen molar-refractivity contribution in [2.75, 3.05) is 18.4 Å². The van der Waals surface area contributed by atoms with E-state index in [2.05, 4.69) is 15.6 Å². The van der Waals surface area contributed by atoms with Gasteiger partial charge in [-0.25, -0.2) is 4.98 Å². The Morgan fingerprint density at radius 3 is 2.34 bits per heavy atom. The summed E-state index contributed by atoms with van der Waals surface area (Å²) in [6, 6.07) is 10.3. The predicted molar refractivity (Wildman–Crippen MR) is 124 cm³/mol. The number of amides is 3. The summed E-state index contributed by atoms with van der Waals surface area (Å²) in [5, 5.41) is 5.75. The van der Waals surface area contributed by atoms with Gasteiger partial charge in [0.15, 0.2) is 0 Å². The number of piperidine rings is 1. The summed E-state index contributed by atoms with van der Waals surface area (Å²) in [6.07, 6.45) is 3.15. The Bertz CT molecular complexity index is 954. The lowest BCUT2D eigenvalue weighted by molar-refractivity contribution is -0.137. The minimum atomic E-state index is -0.649. The van der Waals surface area contributed by atoms with Crippen LogP contribution >= 0.6 is 0 Å². The molecule has 0 bridgehead atoms. The molecule has 1 saturated heterocycles. The lowest BCUT2D eigenvalue weighted by Gasteiger charge is -2.35. The van der Waals surface area contributed by atoms with E-state index >= 15 is 0 Å². The number of aromatic nitrogens is 1. The highest BCUT2D eigenvalue weighted by Crippen LogP contribution is 2.20. The van der Waals surface area contributed by atoms with Gasteiger partial charge < -0.3 is 15.5 Å². The topological polar surface area (TPSA) is 91.4 Å². The number of carbonyl (C=O) groups excluding carboxylic acids is 3. The van der Waals surface area contributed by atoms with E-state index in [0.717, 1.165) is 17.5 Å². The molecule has 32 heavy (non-hydrogen) atoms. The number of rotatable bonds is 6. The van der Waals surface area contributed by atoms with Gasteiger partial charge in [0.05, 0.1) is 5.92 Å². The summed E-state index contributed by atoms with van der Waals surface area (Å²) < 4.78 is 0. The molecule has 1 aromatic heterocycles. The number of nitrogens with one attached hydrogen (secondary N) is 2. The zero-order valence-electron chi connectivity index (χ0n) is 19.2. The van der Waals surface area contributed by atoms with Gasteiger partial charge in [-0.3, -0.25) is 14.4 Å². The summed E-state index contributed by atoms with van der Waals surface area (Å²) in [6.45, 7) is 8.63. The van der Waals surface area contributed by atoms with Crippen LogP contribution in [0, 0.1) is 25.7 Å². The number of carbonyl (C=O) groups is 3. The van der Waals surface area contributed by atoms with Gasteiger partial charge in [-0.1, -0.05) is 37.6 Å². The number of anilines is 1. The minimum Gasteiger partial charge on any atom is -0.340 e. The van der Waals surface area contributed by atoms with E-state index in [9.17, 15) is 14.4 Å². The van der Waals surface area contributed by atoms with Gasteiger partial charge in [0, 0.05) is 24.8 Å². The van der Waals surface area contributed by atoms with Crippen LogP contribution in [0.1, 0.15) is 48.2 Å². The third-order valence-corrected chi connectivity index (χ3v) is 5.80. The second kappa shape index (κ2) is 10.4. The molecule has 0 radical (unpaired) electrons. The lowest BCUT2D eigenvalue weighted by Crippen LogP contribution is -2.54. The van der Waals surface area contributed by atoms with Crippen LogP contribution in [0.2, 0.25) is 0 Å². The van der Waals surface area contributed by atoms with Crippen LogP contribution in [0.4, 0.5) is 5.82 Å². The summed E-state index contributed by atoms with van der Waals surface area (Å²) in [5.74, 6) is -0.433. The molecule has 0 aliphatic carbocycles. The SMILES string of the molecule is Cc1ccc(C(=O)NC(C(=O)N2CCCC(C(=O)Nc3ccc(C)cn3)C2)C(C)C)cc1. The normalized spacial score (nSPS) is 17.0. The quantitative estimate of drug-likeness (QED) is 0.727. The van der Waals surface area contributed by atoms with E-state index in [1.165, 1.54) is 0 Å². The zero-order valence-corrected chi connectivity index (χ0v) is 19.2. The van der Waals surface area contributed by atoms with E-state index in [-0.39, 0.29) is 29.6 Å². The monoisotopic (exact) mass is 436 g/mol. The van der Waals surface area contributed by atoms with Crippen molar-refractivity contribution in [2.45, 2.75) is 46.6 Å². The first-order valence-corrected chi connectivity index (χ1v) is 11.1. The maximum atomic E-state index is 13.3. The van der Waals surface area contributed by atoms with Gasteiger partial charge in [0.2, 0.25) is 11.8 Å². The molecule has 7 nitrogen and oxygen atoms in total. The van der Waals surface area contributed by atoms with E-state index in [4.69, 9.17) is 0 Å². The molecule has 3 rings (SSSR count). The largest absolute Gasteiger partial charge is 0.340 e. The van der Waals surface area contributed by atoms with Crippen molar-refractivity contribution in [3.05, 3.63) is 59.3 Å². The highest BCUT2D eigenvalue weighted by Gasteiger charge is 2.34. The van der Waals surface area contributed by atoms with Crippen molar-refractivity contribution in [1.29, 1.82) is 0 Å². The second-order valence-electron chi connectivity index (χ2n) is 8.89. The van der Waals surface area contributed by atoms with Gasteiger partial charge in [-0.2, -0.15) is 0 Å². The molecular weight excluding hydrogens is 404 g/mol. The molecule has 0 spiro atoms. The first-order valence-electron chi connectivity index (χ1n) is 11.1. The lowest BCUT2D eigenvalue weighted by atomic mass is 9.94. The summed E-state index contributed by atoms with van der Waals surface area (Å²) in [5.41, 5.74) is 2.61. The average molecular weight is 437 g/mol. The van der Waals surface area contributed by atoms with Crippen molar-refractivity contribution in [3.8, 4) is 0 Å². The fourth-order valence-corrected chi connectivity index (χ4v) is 3.80. The van der Waals surface area contributed by atoms with Crippen molar-refractivity contribution in [3.63, 3.8) is 0 Å². The molecule has 2 heterocycles. The van der Waals surface area contributed by atoms with Gasteiger partial charge >= 0.3 is 0 Å². The maximum absolute atomic E-state index is 13.3. The van der Waals surface area contributed by atoms with Gasteiger partial charge in [-0.05, 0) is 56.4 Å². The zero-order chi connectivity index (χ0) is 23.3. The van der Waals surface area contributed by atoms with E-state index < -0.39 is 6.04 Å². The summed E-state index contributed by atoms with van der Waals surface area (Å²) >= 11 is 0. The number of aryl methyl sites for hydroxylation is 2. The number of benzene rings is 1. The number of hydrogen-bond donors (Lipinski definition) is 2. The first kappa shape index (κ1) is 23.4.